The first-order chi connectivity index (χ1) is 10.4. The first-order valence-electron chi connectivity index (χ1n) is 6.11. The number of nitrogens with zero attached hydrogens (tertiary/aromatic N) is 1. The van der Waals surface area contributed by atoms with Crippen molar-refractivity contribution in [2.24, 2.45) is 0 Å². The van der Waals surface area contributed by atoms with E-state index in [4.69, 9.17) is 23.2 Å². The van der Waals surface area contributed by atoms with Crippen molar-refractivity contribution in [3.63, 3.8) is 0 Å². The van der Waals surface area contributed by atoms with Crippen LogP contribution >= 0.6 is 35.0 Å². The third kappa shape index (κ3) is 5.25. The Hall–Kier alpha value is -1.70. The van der Waals surface area contributed by atoms with E-state index in [1.165, 1.54) is 0 Å². The summed E-state index contributed by atoms with van der Waals surface area (Å²) in [6.07, 6.45) is 0.189. The minimum atomic E-state index is -0.451. The lowest BCUT2D eigenvalue weighted by Gasteiger charge is -2.06. The number of carbonyl (C=O) groups excluding carboxylic acids is 1. The van der Waals surface area contributed by atoms with Crippen molar-refractivity contribution in [3.8, 4) is 5.88 Å². The average Bonchev–Trinajstić information content (AvgIpc) is 2.35. The Morgan fingerprint density at radius 2 is 1.95 bits per heavy atom. The summed E-state index contributed by atoms with van der Waals surface area (Å²) in [5.41, 5.74) is 0.0596. The van der Waals surface area contributed by atoms with Crippen LogP contribution in [0.5, 0.6) is 5.88 Å². The predicted octanol–water partition coefficient (Wildman–Crippen LogP) is 2.90. The van der Waals surface area contributed by atoms with Crippen LogP contribution in [0.1, 0.15) is 6.42 Å². The van der Waals surface area contributed by atoms with Crippen LogP contribution in [0.4, 0.5) is 5.69 Å². The molecule has 0 aliphatic heterocycles. The quantitative estimate of drug-likeness (QED) is 0.563. The standard InChI is InChI=1S/C13H11Cl2N3O3S/c14-7-3-8(15)5-9(4-7)16-10(19)1-2-22-13-17-11(20)6-12(21)18-13/h3-6H,1-2H2,(H,16,19)(H2,17,18,20,21). The molecule has 22 heavy (non-hydrogen) atoms. The summed E-state index contributed by atoms with van der Waals surface area (Å²) >= 11 is 12.8. The van der Waals surface area contributed by atoms with Crippen LogP contribution in [-0.2, 0) is 4.79 Å². The number of aromatic hydroxyl groups is 1. The van der Waals surface area contributed by atoms with Gasteiger partial charge in [-0.3, -0.25) is 9.59 Å². The number of hydrogen-bond donors (Lipinski definition) is 3. The molecule has 1 amide bonds. The van der Waals surface area contributed by atoms with E-state index in [1.54, 1.807) is 18.2 Å². The highest BCUT2D eigenvalue weighted by Crippen LogP contribution is 2.22. The molecule has 0 spiro atoms. The maximum Gasteiger partial charge on any atom is 0.255 e. The highest BCUT2D eigenvalue weighted by molar-refractivity contribution is 7.99. The number of halogens is 2. The van der Waals surface area contributed by atoms with E-state index < -0.39 is 5.56 Å². The van der Waals surface area contributed by atoms with Crippen molar-refractivity contribution in [1.29, 1.82) is 0 Å². The van der Waals surface area contributed by atoms with Crippen molar-refractivity contribution in [1.82, 2.24) is 9.97 Å². The summed E-state index contributed by atoms with van der Waals surface area (Å²) in [6.45, 7) is 0. The highest BCUT2D eigenvalue weighted by atomic mass is 35.5. The van der Waals surface area contributed by atoms with Crippen LogP contribution in [0.2, 0.25) is 10.0 Å². The van der Waals surface area contributed by atoms with Gasteiger partial charge in [-0.15, -0.1) is 0 Å². The maximum absolute atomic E-state index is 11.8. The lowest BCUT2D eigenvalue weighted by molar-refractivity contribution is -0.115. The summed E-state index contributed by atoms with van der Waals surface area (Å²) in [6, 6.07) is 5.72. The highest BCUT2D eigenvalue weighted by Gasteiger charge is 2.06. The minimum Gasteiger partial charge on any atom is -0.493 e. The fraction of sp³-hybridized carbons (Fsp3) is 0.154. The molecule has 1 aromatic carbocycles. The normalized spacial score (nSPS) is 10.5. The fourth-order valence-electron chi connectivity index (χ4n) is 1.58. The number of nitrogens with one attached hydrogen (secondary N) is 2. The Morgan fingerprint density at radius 3 is 2.59 bits per heavy atom. The molecule has 9 heteroatoms. The second-order valence-corrected chi connectivity index (χ2v) is 6.17. The van der Waals surface area contributed by atoms with Gasteiger partial charge in [0.1, 0.15) is 0 Å². The smallest absolute Gasteiger partial charge is 0.255 e. The number of benzene rings is 1. The zero-order valence-corrected chi connectivity index (χ0v) is 13.4. The van der Waals surface area contributed by atoms with Crippen molar-refractivity contribution >= 4 is 46.6 Å². The Morgan fingerprint density at radius 1 is 1.27 bits per heavy atom. The molecule has 116 valence electrons. The predicted molar refractivity (Wildman–Crippen MR) is 87.0 cm³/mol. The van der Waals surface area contributed by atoms with E-state index in [1.807, 2.05) is 0 Å². The van der Waals surface area contributed by atoms with Crippen molar-refractivity contribution < 1.29 is 9.90 Å². The molecule has 0 saturated heterocycles. The second kappa shape index (κ2) is 7.53. The van der Waals surface area contributed by atoms with Crippen LogP contribution in [-0.4, -0.2) is 26.7 Å². The van der Waals surface area contributed by atoms with E-state index >= 15 is 0 Å². The Bertz CT molecular complexity index is 731. The van der Waals surface area contributed by atoms with Gasteiger partial charge in [-0.1, -0.05) is 35.0 Å². The SMILES string of the molecule is O=C(CCSc1nc(O)cc(=O)[nH]1)Nc1cc(Cl)cc(Cl)c1. The zero-order valence-electron chi connectivity index (χ0n) is 11.1. The summed E-state index contributed by atoms with van der Waals surface area (Å²) in [4.78, 5) is 29.1. The Balaban J connectivity index is 1.86. The number of hydrogen-bond acceptors (Lipinski definition) is 5. The van der Waals surface area contributed by atoms with Crippen LogP contribution in [0, 0.1) is 0 Å². The van der Waals surface area contributed by atoms with E-state index in [0.717, 1.165) is 17.8 Å². The first kappa shape index (κ1) is 16.7. The number of H-pyrrole nitrogens is 1. The van der Waals surface area contributed by atoms with Gasteiger partial charge in [-0.2, -0.15) is 4.98 Å². The molecular weight excluding hydrogens is 349 g/mol. The molecule has 0 radical (unpaired) electrons. The number of aromatic amines is 1. The molecule has 6 nitrogen and oxygen atoms in total. The van der Waals surface area contributed by atoms with Crippen molar-refractivity contribution in [2.45, 2.75) is 11.6 Å². The number of amides is 1. The number of rotatable bonds is 5. The third-order valence-electron chi connectivity index (χ3n) is 2.42. The van der Waals surface area contributed by atoms with Crippen LogP contribution < -0.4 is 10.9 Å². The van der Waals surface area contributed by atoms with Gasteiger partial charge in [0.05, 0.1) is 6.07 Å². The molecule has 0 unspecified atom stereocenters. The van der Waals surface area contributed by atoms with Crippen molar-refractivity contribution in [3.05, 3.63) is 44.7 Å². The number of anilines is 1. The summed E-state index contributed by atoms with van der Waals surface area (Å²) < 4.78 is 0. The van der Waals surface area contributed by atoms with E-state index in [9.17, 15) is 14.7 Å². The van der Waals surface area contributed by atoms with Gasteiger partial charge in [-0.25, -0.2) is 0 Å². The Kier molecular flexibility index (Phi) is 5.70. The van der Waals surface area contributed by atoms with Gasteiger partial charge < -0.3 is 15.4 Å². The van der Waals surface area contributed by atoms with Crippen LogP contribution in [0.15, 0.2) is 34.2 Å². The molecule has 1 heterocycles. The largest absolute Gasteiger partial charge is 0.493 e. The monoisotopic (exact) mass is 359 g/mol. The summed E-state index contributed by atoms with van der Waals surface area (Å²) in [5, 5.41) is 13.0. The molecular formula is C13H11Cl2N3O3S. The number of carbonyl (C=O) groups is 1. The number of thioether (sulfide) groups is 1. The third-order valence-corrected chi connectivity index (χ3v) is 3.73. The fourth-order valence-corrected chi connectivity index (χ4v) is 2.92. The molecule has 0 saturated carbocycles. The second-order valence-electron chi connectivity index (χ2n) is 4.21. The molecule has 2 aromatic rings. The summed E-state index contributed by atoms with van der Waals surface area (Å²) in [5.74, 6) is -0.204. The topological polar surface area (TPSA) is 95.1 Å². The minimum absolute atomic E-state index is 0.189. The lowest BCUT2D eigenvalue weighted by Crippen LogP contribution is -2.12. The van der Waals surface area contributed by atoms with E-state index in [2.05, 4.69) is 15.3 Å². The molecule has 3 N–H and O–H groups in total. The van der Waals surface area contributed by atoms with Gasteiger partial charge in [0.15, 0.2) is 5.16 Å². The molecule has 0 fully saturated rings. The number of aromatic nitrogens is 2. The van der Waals surface area contributed by atoms with Gasteiger partial charge >= 0.3 is 0 Å². The van der Waals surface area contributed by atoms with Gasteiger partial charge in [0, 0.05) is 27.9 Å². The van der Waals surface area contributed by atoms with Gasteiger partial charge in [0.2, 0.25) is 11.8 Å². The lowest BCUT2D eigenvalue weighted by atomic mass is 10.3. The molecule has 0 aliphatic rings. The van der Waals surface area contributed by atoms with E-state index in [-0.39, 0.29) is 23.4 Å². The van der Waals surface area contributed by atoms with Crippen LogP contribution in [0.3, 0.4) is 0 Å². The van der Waals surface area contributed by atoms with Crippen LogP contribution in [0.25, 0.3) is 0 Å². The average molecular weight is 360 g/mol. The summed E-state index contributed by atoms with van der Waals surface area (Å²) in [7, 11) is 0. The molecule has 2 rings (SSSR count). The first-order valence-corrected chi connectivity index (χ1v) is 7.85. The molecule has 0 atom stereocenters. The molecule has 1 aromatic heterocycles. The van der Waals surface area contributed by atoms with E-state index in [0.29, 0.717) is 21.5 Å². The maximum atomic E-state index is 11.8. The zero-order chi connectivity index (χ0) is 16.1. The van der Waals surface area contributed by atoms with Gasteiger partial charge in [-0.05, 0) is 18.2 Å². The van der Waals surface area contributed by atoms with Crippen molar-refractivity contribution in [2.75, 3.05) is 11.1 Å². The van der Waals surface area contributed by atoms with Gasteiger partial charge in [0.25, 0.3) is 5.56 Å². The molecule has 0 aliphatic carbocycles. The molecule has 0 bridgehead atoms. The Labute approximate surface area is 139 Å².